The minimum Gasteiger partial charge on any atom is -0.393 e. The molecule has 0 spiro atoms. The highest BCUT2D eigenvalue weighted by molar-refractivity contribution is 5.23. The molecule has 0 saturated carbocycles. The SMILES string of the molecule is CCCC1(CO)O[C@@H](n2ccc(N)nc2=O)C[C@@H]1O. The van der Waals surface area contributed by atoms with Gasteiger partial charge in [0.1, 0.15) is 17.6 Å². The largest absolute Gasteiger partial charge is 0.393 e. The van der Waals surface area contributed by atoms with E-state index in [-0.39, 0.29) is 18.8 Å². The molecule has 1 fully saturated rings. The summed E-state index contributed by atoms with van der Waals surface area (Å²) >= 11 is 0. The van der Waals surface area contributed by atoms with Crippen molar-refractivity contribution >= 4 is 5.82 Å². The predicted molar refractivity (Wildman–Crippen MR) is 68.4 cm³/mol. The van der Waals surface area contributed by atoms with Crippen LogP contribution in [0.15, 0.2) is 17.1 Å². The Morgan fingerprint density at radius 2 is 2.42 bits per heavy atom. The van der Waals surface area contributed by atoms with Crippen molar-refractivity contribution in [3.63, 3.8) is 0 Å². The van der Waals surface area contributed by atoms with Crippen LogP contribution in [0.1, 0.15) is 32.4 Å². The van der Waals surface area contributed by atoms with Gasteiger partial charge in [0.2, 0.25) is 0 Å². The number of aromatic nitrogens is 2. The van der Waals surface area contributed by atoms with E-state index in [4.69, 9.17) is 10.5 Å². The van der Waals surface area contributed by atoms with Crippen molar-refractivity contribution in [2.45, 2.75) is 44.1 Å². The Morgan fingerprint density at radius 3 is 3.00 bits per heavy atom. The molecule has 0 aromatic carbocycles. The average molecular weight is 269 g/mol. The first-order valence-electron chi connectivity index (χ1n) is 6.34. The van der Waals surface area contributed by atoms with Gasteiger partial charge in [0.25, 0.3) is 0 Å². The fourth-order valence-electron chi connectivity index (χ4n) is 2.49. The van der Waals surface area contributed by atoms with E-state index in [2.05, 4.69) is 4.98 Å². The second kappa shape index (κ2) is 5.28. The van der Waals surface area contributed by atoms with Crippen LogP contribution in [-0.4, -0.2) is 38.1 Å². The van der Waals surface area contributed by atoms with E-state index in [1.807, 2.05) is 6.92 Å². The zero-order valence-electron chi connectivity index (χ0n) is 10.8. The first-order chi connectivity index (χ1) is 9.02. The molecule has 2 heterocycles. The summed E-state index contributed by atoms with van der Waals surface area (Å²) in [5.41, 5.74) is 3.90. The molecule has 7 heteroatoms. The quantitative estimate of drug-likeness (QED) is 0.688. The summed E-state index contributed by atoms with van der Waals surface area (Å²) in [6.07, 6.45) is 1.58. The minimum atomic E-state index is -1.000. The summed E-state index contributed by atoms with van der Waals surface area (Å²) in [7, 11) is 0. The zero-order chi connectivity index (χ0) is 14.0. The topological polar surface area (TPSA) is 111 Å². The Labute approximate surface area is 110 Å². The van der Waals surface area contributed by atoms with Gasteiger partial charge in [0, 0.05) is 12.6 Å². The maximum absolute atomic E-state index is 11.7. The van der Waals surface area contributed by atoms with Crippen LogP contribution >= 0.6 is 0 Å². The highest BCUT2D eigenvalue weighted by Gasteiger charge is 2.47. The Morgan fingerprint density at radius 1 is 1.68 bits per heavy atom. The third kappa shape index (κ3) is 2.49. The number of rotatable bonds is 4. The third-order valence-corrected chi connectivity index (χ3v) is 3.51. The summed E-state index contributed by atoms with van der Waals surface area (Å²) in [5.74, 6) is 0.141. The molecule has 1 aliphatic heterocycles. The number of aliphatic hydroxyl groups is 2. The van der Waals surface area contributed by atoms with Gasteiger partial charge >= 0.3 is 5.69 Å². The first-order valence-corrected chi connectivity index (χ1v) is 6.34. The molecule has 1 aromatic rings. The van der Waals surface area contributed by atoms with E-state index in [0.29, 0.717) is 6.42 Å². The van der Waals surface area contributed by atoms with Crippen LogP contribution in [0.3, 0.4) is 0 Å². The van der Waals surface area contributed by atoms with Crippen LogP contribution in [0.2, 0.25) is 0 Å². The molecule has 2 rings (SSSR count). The third-order valence-electron chi connectivity index (χ3n) is 3.51. The molecule has 19 heavy (non-hydrogen) atoms. The number of nitrogens with two attached hydrogens (primary N) is 1. The summed E-state index contributed by atoms with van der Waals surface area (Å²) in [6, 6.07) is 1.50. The average Bonchev–Trinajstić information content (AvgIpc) is 2.67. The van der Waals surface area contributed by atoms with Gasteiger partial charge in [-0.15, -0.1) is 0 Å². The van der Waals surface area contributed by atoms with Crippen molar-refractivity contribution < 1.29 is 14.9 Å². The Hall–Kier alpha value is -1.44. The van der Waals surface area contributed by atoms with E-state index in [1.54, 1.807) is 0 Å². The molecule has 3 atom stereocenters. The Bertz CT molecular complexity index is 504. The number of aliphatic hydroxyl groups excluding tert-OH is 2. The number of hydrogen-bond donors (Lipinski definition) is 3. The second-order valence-electron chi connectivity index (χ2n) is 4.84. The van der Waals surface area contributed by atoms with Gasteiger partial charge in [-0.25, -0.2) is 4.79 Å². The minimum absolute atomic E-state index is 0.141. The lowest BCUT2D eigenvalue weighted by atomic mass is 9.92. The van der Waals surface area contributed by atoms with Crippen molar-refractivity contribution in [2.24, 2.45) is 0 Å². The van der Waals surface area contributed by atoms with Crippen molar-refractivity contribution in [3.8, 4) is 0 Å². The molecule has 1 aromatic heterocycles. The van der Waals surface area contributed by atoms with E-state index in [0.717, 1.165) is 6.42 Å². The van der Waals surface area contributed by atoms with Crippen molar-refractivity contribution in [1.82, 2.24) is 9.55 Å². The van der Waals surface area contributed by atoms with Gasteiger partial charge < -0.3 is 20.7 Å². The Balaban J connectivity index is 2.27. The maximum atomic E-state index is 11.7. The molecule has 1 unspecified atom stereocenters. The fourth-order valence-corrected chi connectivity index (χ4v) is 2.49. The summed E-state index contributed by atoms with van der Waals surface area (Å²) in [5, 5.41) is 19.6. The van der Waals surface area contributed by atoms with Gasteiger partial charge in [-0.05, 0) is 12.5 Å². The molecule has 0 aliphatic carbocycles. The standard InChI is InChI=1S/C12H19N3O4/c1-2-4-12(7-16)8(17)6-10(19-12)15-5-3-9(13)14-11(15)18/h3,5,8,10,16-17H,2,4,6-7H2,1H3,(H2,13,14,18)/t8-,10+,12?/m0/s1. The second-order valence-corrected chi connectivity index (χ2v) is 4.84. The lowest BCUT2D eigenvalue weighted by Gasteiger charge is -2.29. The molecule has 0 amide bonds. The van der Waals surface area contributed by atoms with Crippen molar-refractivity contribution in [1.29, 1.82) is 0 Å². The van der Waals surface area contributed by atoms with Gasteiger partial charge in [-0.3, -0.25) is 4.57 Å². The van der Waals surface area contributed by atoms with Gasteiger partial charge in [0.15, 0.2) is 0 Å². The monoisotopic (exact) mass is 269 g/mol. The molecule has 1 aliphatic rings. The molecule has 7 nitrogen and oxygen atoms in total. The van der Waals surface area contributed by atoms with Crippen LogP contribution < -0.4 is 11.4 Å². The number of ether oxygens (including phenoxy) is 1. The van der Waals surface area contributed by atoms with Crippen LogP contribution in [-0.2, 0) is 4.74 Å². The van der Waals surface area contributed by atoms with Crippen LogP contribution in [0.5, 0.6) is 0 Å². The molecule has 4 N–H and O–H groups in total. The summed E-state index contributed by atoms with van der Waals surface area (Å²) in [4.78, 5) is 15.4. The molecule has 106 valence electrons. The maximum Gasteiger partial charge on any atom is 0.351 e. The first kappa shape index (κ1) is 14.0. The van der Waals surface area contributed by atoms with Crippen molar-refractivity contribution in [3.05, 3.63) is 22.7 Å². The van der Waals surface area contributed by atoms with Gasteiger partial charge in [-0.1, -0.05) is 13.3 Å². The lowest BCUT2D eigenvalue weighted by Crippen LogP contribution is -2.43. The van der Waals surface area contributed by atoms with Crippen LogP contribution in [0.25, 0.3) is 0 Å². The molecular formula is C12H19N3O4. The molecule has 0 radical (unpaired) electrons. The number of anilines is 1. The number of nitrogens with zero attached hydrogens (tertiary/aromatic N) is 2. The van der Waals surface area contributed by atoms with Gasteiger partial charge in [-0.2, -0.15) is 4.98 Å². The summed E-state index contributed by atoms with van der Waals surface area (Å²) in [6.45, 7) is 1.66. The van der Waals surface area contributed by atoms with Gasteiger partial charge in [0.05, 0.1) is 12.7 Å². The normalized spacial score (nSPS) is 30.7. The predicted octanol–water partition coefficient (Wildman–Crippen LogP) is -0.364. The highest BCUT2D eigenvalue weighted by atomic mass is 16.6. The fraction of sp³-hybridized carbons (Fsp3) is 0.667. The van der Waals surface area contributed by atoms with Crippen LogP contribution in [0.4, 0.5) is 5.82 Å². The smallest absolute Gasteiger partial charge is 0.351 e. The van der Waals surface area contributed by atoms with E-state index >= 15 is 0 Å². The van der Waals surface area contributed by atoms with Crippen LogP contribution in [0, 0.1) is 0 Å². The summed E-state index contributed by atoms with van der Waals surface area (Å²) < 4.78 is 7.02. The zero-order valence-corrected chi connectivity index (χ0v) is 10.8. The van der Waals surface area contributed by atoms with E-state index < -0.39 is 23.6 Å². The number of hydrogen-bond acceptors (Lipinski definition) is 6. The molecule has 1 saturated heterocycles. The van der Waals surface area contributed by atoms with E-state index in [1.165, 1.54) is 16.8 Å². The lowest BCUT2D eigenvalue weighted by molar-refractivity contribution is -0.132. The van der Waals surface area contributed by atoms with Crippen molar-refractivity contribution in [2.75, 3.05) is 12.3 Å². The van der Waals surface area contributed by atoms with E-state index in [9.17, 15) is 15.0 Å². The molecular weight excluding hydrogens is 250 g/mol. The number of nitrogen functional groups attached to an aromatic ring is 1. The Kier molecular flexibility index (Phi) is 3.88. The highest BCUT2D eigenvalue weighted by Crippen LogP contribution is 2.38. The molecule has 0 bridgehead atoms.